The van der Waals surface area contributed by atoms with Crippen LogP contribution in [-0.2, 0) is 0 Å². The Balaban J connectivity index is 2.08. The van der Waals surface area contributed by atoms with E-state index >= 15 is 0 Å². The van der Waals surface area contributed by atoms with Crippen molar-refractivity contribution in [3.63, 3.8) is 0 Å². The summed E-state index contributed by atoms with van der Waals surface area (Å²) in [6, 6.07) is 8.08. The largest absolute Gasteiger partial charge is 0.378 e. The topological polar surface area (TPSA) is 35.6 Å². The lowest BCUT2D eigenvalue weighted by Gasteiger charge is -2.24. The number of hydrogen-bond donors (Lipinski definition) is 1. The molecule has 0 bridgehead atoms. The highest BCUT2D eigenvalue weighted by molar-refractivity contribution is 5.94. The number of benzene rings is 1. The van der Waals surface area contributed by atoms with Gasteiger partial charge in [0.25, 0.3) is 5.91 Å². The Morgan fingerprint density at radius 1 is 1.22 bits per heavy atom. The van der Waals surface area contributed by atoms with E-state index in [1.807, 2.05) is 55.2 Å². The van der Waals surface area contributed by atoms with Gasteiger partial charge in [0.05, 0.1) is 0 Å². The molecule has 1 amide bonds. The minimum atomic E-state index is 0.106. The third kappa shape index (κ3) is 2.64. The van der Waals surface area contributed by atoms with Gasteiger partial charge in [0, 0.05) is 45.0 Å². The zero-order chi connectivity index (χ0) is 13.1. The fourth-order valence-electron chi connectivity index (χ4n) is 2.24. The molecule has 4 nitrogen and oxygen atoms in total. The number of nitrogens with one attached hydrogen (secondary N) is 1. The molecule has 1 aromatic carbocycles. The maximum atomic E-state index is 12.3. The number of nitrogens with zero attached hydrogens (tertiary/aromatic N) is 2. The minimum absolute atomic E-state index is 0.106. The predicted molar refractivity (Wildman–Crippen MR) is 74.1 cm³/mol. The summed E-state index contributed by atoms with van der Waals surface area (Å²) in [4.78, 5) is 16.2. The first kappa shape index (κ1) is 12.9. The average molecular weight is 247 g/mol. The quantitative estimate of drug-likeness (QED) is 0.871. The lowest BCUT2D eigenvalue weighted by Crippen LogP contribution is -2.38. The molecular formula is C14H21N3O. The first-order valence-electron chi connectivity index (χ1n) is 6.35. The SMILES string of the molecule is CN(C)c1ccc(C(=O)N(C)C2CCNC2)cc1. The number of likely N-dealkylation sites (N-methyl/N-ethyl adjacent to an activating group) is 1. The smallest absolute Gasteiger partial charge is 0.253 e. The monoisotopic (exact) mass is 247 g/mol. The molecule has 0 radical (unpaired) electrons. The third-order valence-electron chi connectivity index (χ3n) is 3.53. The van der Waals surface area contributed by atoms with Gasteiger partial charge in [-0.05, 0) is 37.2 Å². The molecule has 1 aromatic rings. The minimum Gasteiger partial charge on any atom is -0.378 e. The van der Waals surface area contributed by atoms with Gasteiger partial charge in [0.1, 0.15) is 0 Å². The van der Waals surface area contributed by atoms with Crippen LogP contribution in [0.3, 0.4) is 0 Å². The molecule has 2 rings (SSSR count). The number of amides is 1. The van der Waals surface area contributed by atoms with Crippen LogP contribution in [0, 0.1) is 0 Å². The van der Waals surface area contributed by atoms with Crippen LogP contribution < -0.4 is 10.2 Å². The fourth-order valence-corrected chi connectivity index (χ4v) is 2.24. The molecule has 1 saturated heterocycles. The number of rotatable bonds is 3. The molecule has 1 aliphatic heterocycles. The normalized spacial score (nSPS) is 18.7. The summed E-state index contributed by atoms with van der Waals surface area (Å²) in [6.45, 7) is 1.90. The highest BCUT2D eigenvalue weighted by atomic mass is 16.2. The maximum absolute atomic E-state index is 12.3. The van der Waals surface area contributed by atoms with Gasteiger partial charge in [-0.3, -0.25) is 4.79 Å². The van der Waals surface area contributed by atoms with Gasteiger partial charge in [-0.25, -0.2) is 0 Å². The van der Waals surface area contributed by atoms with Crippen molar-refractivity contribution in [2.24, 2.45) is 0 Å². The Bertz CT molecular complexity index is 408. The van der Waals surface area contributed by atoms with Crippen LogP contribution in [0.25, 0.3) is 0 Å². The zero-order valence-corrected chi connectivity index (χ0v) is 11.3. The van der Waals surface area contributed by atoms with Crippen LogP contribution in [0.1, 0.15) is 16.8 Å². The van der Waals surface area contributed by atoms with Gasteiger partial charge in [0.2, 0.25) is 0 Å². The summed E-state index contributed by atoms with van der Waals surface area (Å²) in [5.74, 6) is 0.106. The van der Waals surface area contributed by atoms with Crippen molar-refractivity contribution in [1.29, 1.82) is 0 Å². The number of anilines is 1. The Hall–Kier alpha value is -1.55. The zero-order valence-electron chi connectivity index (χ0n) is 11.3. The molecule has 98 valence electrons. The Morgan fingerprint density at radius 3 is 2.39 bits per heavy atom. The molecule has 0 saturated carbocycles. The van der Waals surface area contributed by atoms with Crippen molar-refractivity contribution >= 4 is 11.6 Å². The third-order valence-corrected chi connectivity index (χ3v) is 3.53. The summed E-state index contributed by atoms with van der Waals surface area (Å²) in [5.41, 5.74) is 1.87. The van der Waals surface area contributed by atoms with E-state index in [0.29, 0.717) is 6.04 Å². The van der Waals surface area contributed by atoms with Gasteiger partial charge in [-0.15, -0.1) is 0 Å². The lowest BCUT2D eigenvalue weighted by atomic mass is 10.1. The average Bonchev–Trinajstić information content (AvgIpc) is 2.91. The summed E-state index contributed by atoms with van der Waals surface area (Å²) in [5, 5.41) is 3.28. The standard InChI is InChI=1S/C14H21N3O/c1-16(2)12-6-4-11(5-7-12)14(18)17(3)13-8-9-15-10-13/h4-7,13,15H,8-10H2,1-3H3. The molecule has 0 spiro atoms. The lowest BCUT2D eigenvalue weighted by molar-refractivity contribution is 0.0744. The van der Waals surface area contributed by atoms with Crippen molar-refractivity contribution in [2.75, 3.05) is 39.1 Å². The second-order valence-corrected chi connectivity index (χ2v) is 5.00. The van der Waals surface area contributed by atoms with E-state index in [9.17, 15) is 4.79 Å². The van der Waals surface area contributed by atoms with Crippen molar-refractivity contribution < 1.29 is 4.79 Å². The van der Waals surface area contributed by atoms with Crippen molar-refractivity contribution in [3.05, 3.63) is 29.8 Å². The Kier molecular flexibility index (Phi) is 3.87. The summed E-state index contributed by atoms with van der Waals surface area (Å²) >= 11 is 0. The van der Waals surface area contributed by atoms with Crippen LogP contribution in [0.5, 0.6) is 0 Å². The Morgan fingerprint density at radius 2 is 1.89 bits per heavy atom. The summed E-state index contributed by atoms with van der Waals surface area (Å²) < 4.78 is 0. The second-order valence-electron chi connectivity index (χ2n) is 5.00. The van der Waals surface area contributed by atoms with Crippen molar-refractivity contribution in [1.82, 2.24) is 10.2 Å². The van der Waals surface area contributed by atoms with E-state index < -0.39 is 0 Å². The van der Waals surface area contributed by atoms with Crippen LogP contribution in [0.15, 0.2) is 24.3 Å². The number of carbonyl (C=O) groups is 1. The van der Waals surface area contributed by atoms with Crippen LogP contribution in [-0.4, -0.2) is 51.1 Å². The van der Waals surface area contributed by atoms with Gasteiger partial charge in [0.15, 0.2) is 0 Å². The van der Waals surface area contributed by atoms with Crippen LogP contribution in [0.4, 0.5) is 5.69 Å². The molecule has 0 aliphatic carbocycles. The van der Waals surface area contributed by atoms with Gasteiger partial charge in [-0.2, -0.15) is 0 Å². The maximum Gasteiger partial charge on any atom is 0.253 e. The molecule has 0 aromatic heterocycles. The first-order valence-corrected chi connectivity index (χ1v) is 6.35. The number of hydrogen-bond acceptors (Lipinski definition) is 3. The molecule has 4 heteroatoms. The van der Waals surface area contributed by atoms with Crippen molar-refractivity contribution in [3.8, 4) is 0 Å². The predicted octanol–water partition coefficient (Wildman–Crippen LogP) is 1.19. The molecule has 1 N–H and O–H groups in total. The highest BCUT2D eigenvalue weighted by Gasteiger charge is 2.23. The summed E-state index contributed by atoms with van der Waals surface area (Å²) in [6.07, 6.45) is 1.04. The fraction of sp³-hybridized carbons (Fsp3) is 0.500. The molecule has 1 unspecified atom stereocenters. The molecule has 1 atom stereocenters. The number of carbonyl (C=O) groups excluding carboxylic acids is 1. The van der Waals surface area contributed by atoms with Crippen LogP contribution in [0.2, 0.25) is 0 Å². The van der Waals surface area contributed by atoms with E-state index in [1.165, 1.54) is 0 Å². The molecule has 1 fully saturated rings. The highest BCUT2D eigenvalue weighted by Crippen LogP contribution is 2.15. The first-order chi connectivity index (χ1) is 8.59. The van der Waals surface area contributed by atoms with Crippen molar-refractivity contribution in [2.45, 2.75) is 12.5 Å². The molecule has 18 heavy (non-hydrogen) atoms. The van der Waals surface area contributed by atoms with Gasteiger partial charge >= 0.3 is 0 Å². The second kappa shape index (κ2) is 5.40. The molecular weight excluding hydrogens is 226 g/mol. The van der Waals surface area contributed by atoms with Gasteiger partial charge < -0.3 is 15.1 Å². The van der Waals surface area contributed by atoms with Gasteiger partial charge in [-0.1, -0.05) is 0 Å². The Labute approximate surface area is 109 Å². The van der Waals surface area contributed by atoms with Crippen LogP contribution >= 0.6 is 0 Å². The van der Waals surface area contributed by atoms with E-state index in [1.54, 1.807) is 0 Å². The summed E-state index contributed by atoms with van der Waals surface area (Å²) in [7, 11) is 5.88. The molecule has 1 aliphatic rings. The van der Waals surface area contributed by atoms with E-state index in [2.05, 4.69) is 5.32 Å². The van der Waals surface area contributed by atoms with E-state index in [0.717, 1.165) is 30.8 Å². The van der Waals surface area contributed by atoms with E-state index in [4.69, 9.17) is 0 Å². The van der Waals surface area contributed by atoms with E-state index in [-0.39, 0.29) is 5.91 Å². The molecule has 1 heterocycles.